The first kappa shape index (κ1) is 53.8. The van der Waals surface area contributed by atoms with Crippen LogP contribution in [0.15, 0.2) is 304 Å². The van der Waals surface area contributed by atoms with Crippen molar-refractivity contribution in [1.82, 2.24) is 43.6 Å². The molecular weight excluding hydrogens is 1160 g/mol. The molecule has 12 aromatic carbocycles. The summed E-state index contributed by atoms with van der Waals surface area (Å²) < 4.78 is 6.82. The Morgan fingerprint density at radius 2 is 0.742 bits per heavy atom. The van der Waals surface area contributed by atoms with Gasteiger partial charge < -0.3 is 9.13 Å². The van der Waals surface area contributed by atoms with Crippen LogP contribution in [0.3, 0.4) is 0 Å². The number of hydrogen-bond donors (Lipinski definition) is 0. The van der Waals surface area contributed by atoms with Gasteiger partial charge in [0.25, 0.3) is 0 Å². The third-order valence-electron chi connectivity index (χ3n) is 18.2. The Morgan fingerprint density at radius 1 is 0.290 bits per heavy atom. The van der Waals surface area contributed by atoms with Gasteiger partial charge in [-0.25, -0.2) is 19.9 Å². The van der Waals surface area contributed by atoms with E-state index >= 15 is 0 Å². The fraction of sp³-hybridized carbons (Fsp3) is 0.0120. The Kier molecular flexibility index (Phi) is 12.8. The summed E-state index contributed by atoms with van der Waals surface area (Å²) >= 11 is 6.22. The molecule has 0 atom stereocenters. The zero-order valence-electron chi connectivity index (χ0n) is 50.0. The van der Waals surface area contributed by atoms with Gasteiger partial charge in [0.1, 0.15) is 22.4 Å². The van der Waals surface area contributed by atoms with Gasteiger partial charge in [-0.15, -0.1) is 0 Å². The van der Waals surface area contributed by atoms with Crippen LogP contribution in [-0.4, -0.2) is 43.6 Å². The van der Waals surface area contributed by atoms with Gasteiger partial charge >= 0.3 is 0 Å². The molecule has 0 saturated carbocycles. The van der Waals surface area contributed by atoms with E-state index < -0.39 is 0 Å². The Hall–Kier alpha value is -12.2. The third kappa shape index (κ3) is 9.15. The maximum Gasteiger partial charge on any atom is 0.235 e. The second-order valence-corrected chi connectivity index (χ2v) is 23.9. The Balaban J connectivity index is 0.000000115. The second-order valence-electron chi connectivity index (χ2n) is 23.6. The molecule has 7 aromatic heterocycles. The number of nitrogens with zero attached hydrogens (tertiary/aromatic N) is 9. The summed E-state index contributed by atoms with van der Waals surface area (Å²) in [4.78, 5) is 28.6. The number of para-hydroxylation sites is 5. The monoisotopic (exact) mass is 1210 g/mol. The molecule has 93 heavy (non-hydrogen) atoms. The number of rotatable bonds is 5. The Morgan fingerprint density at radius 3 is 1.33 bits per heavy atom. The van der Waals surface area contributed by atoms with Gasteiger partial charge in [0.15, 0.2) is 0 Å². The molecule has 436 valence electrons. The van der Waals surface area contributed by atoms with Gasteiger partial charge in [-0.05, 0) is 171 Å². The van der Waals surface area contributed by atoms with Crippen LogP contribution in [0, 0.1) is 0 Å². The van der Waals surface area contributed by atoms with Gasteiger partial charge in [0.05, 0.1) is 44.1 Å². The van der Waals surface area contributed by atoms with Gasteiger partial charge in [0.2, 0.25) is 11.2 Å². The first-order valence-corrected chi connectivity index (χ1v) is 31.5. The van der Waals surface area contributed by atoms with E-state index in [2.05, 4.69) is 290 Å². The average Bonchev–Trinajstić information content (AvgIpc) is 1.63. The molecule has 0 saturated heterocycles. The largest absolute Gasteiger partial charge is 0.309 e. The molecule has 0 fully saturated rings. The fourth-order valence-electron chi connectivity index (χ4n) is 14.0. The third-order valence-corrected chi connectivity index (χ3v) is 18.4. The Labute approximate surface area is 538 Å². The first-order valence-electron chi connectivity index (χ1n) is 31.1. The molecule has 0 radical (unpaired) electrons. The van der Waals surface area contributed by atoms with Crippen molar-refractivity contribution in [1.29, 1.82) is 0 Å². The summed E-state index contributed by atoms with van der Waals surface area (Å²) in [6.07, 6.45) is 4.65. The highest BCUT2D eigenvalue weighted by Crippen LogP contribution is 2.42. The normalized spacial score (nSPS) is 11.9. The standard InChI is InChI=1S/C41H25N5.C25H15ClN4.C17H12/c1-2-13-29(14-3-1)45-35-18-8-6-15-30(35)32-24-28(20-21-37(32)45)39-40-34(17-10-22-42-40)43-41(44-39)46-36-19-9-7-16-31(36)33-23-26-11-4-5-12-27(26)25-38(33)46;26-25-28-20-10-6-14-27-24(20)23(29-25)16-12-13-22-19(15-16)18-9-4-5-11-21(18)30(22)17-7-2-1-3-8-17;1-2-6-13-11-17-15(9-12(13)5-1)10-14-7-3-4-8-16(14)17/h1-25H;1-15H;1-9,11H,10H2. The molecule has 0 N–H and O–H groups in total. The van der Waals surface area contributed by atoms with Crippen LogP contribution in [0.5, 0.6) is 0 Å². The lowest BCUT2D eigenvalue weighted by Gasteiger charge is -2.12. The molecule has 19 aromatic rings. The summed E-state index contributed by atoms with van der Waals surface area (Å²) in [7, 11) is 0. The van der Waals surface area contributed by atoms with Crippen LogP contribution in [0.4, 0.5) is 0 Å². The summed E-state index contributed by atoms with van der Waals surface area (Å²) in [5.74, 6) is 0.629. The van der Waals surface area contributed by atoms with Crippen molar-refractivity contribution < 1.29 is 0 Å². The molecule has 1 aliphatic rings. The van der Waals surface area contributed by atoms with Crippen molar-refractivity contribution in [3.05, 3.63) is 320 Å². The summed E-state index contributed by atoms with van der Waals surface area (Å²) in [5, 5.41) is 12.4. The number of aromatic nitrogens is 9. The quantitative estimate of drug-likeness (QED) is 0.159. The summed E-state index contributed by atoms with van der Waals surface area (Å²) in [6, 6.07) is 102. The van der Waals surface area contributed by atoms with Crippen LogP contribution in [0.1, 0.15) is 11.1 Å². The zero-order chi connectivity index (χ0) is 61.5. The molecule has 0 amide bonds. The van der Waals surface area contributed by atoms with Crippen LogP contribution in [0.2, 0.25) is 5.28 Å². The highest BCUT2D eigenvalue weighted by atomic mass is 35.5. The SMILES string of the molecule is Clc1nc(-c2ccc3c(c2)c2ccccc2n3-c2ccccc2)c2ncccc2n1.c1ccc(-n2c3ccccc3c3cc(-c4nc(-n5c6ccccc6c6cc7ccccc7cc65)nc5cccnc45)ccc32)cc1.c1ccc2c(c1)Cc1cc3ccccc3cc1-2. The van der Waals surface area contributed by atoms with Crippen LogP contribution < -0.4 is 0 Å². The van der Waals surface area contributed by atoms with E-state index in [1.54, 1.807) is 6.20 Å². The van der Waals surface area contributed by atoms with Gasteiger partial charge in [-0.1, -0.05) is 182 Å². The van der Waals surface area contributed by atoms with Gasteiger partial charge in [-0.3, -0.25) is 14.5 Å². The lowest BCUT2D eigenvalue weighted by Crippen LogP contribution is -2.04. The molecule has 0 unspecified atom stereocenters. The highest BCUT2D eigenvalue weighted by Gasteiger charge is 2.22. The highest BCUT2D eigenvalue weighted by molar-refractivity contribution is 6.29. The summed E-state index contributed by atoms with van der Waals surface area (Å²) in [5.41, 5.74) is 21.4. The molecule has 7 heterocycles. The minimum absolute atomic E-state index is 0.220. The second kappa shape index (κ2) is 22.1. The van der Waals surface area contributed by atoms with E-state index in [0.717, 1.165) is 89.8 Å². The molecule has 10 heteroatoms. The minimum Gasteiger partial charge on any atom is -0.309 e. The molecular formula is C83H52ClN9. The first-order chi connectivity index (χ1) is 46.0. The predicted octanol–water partition coefficient (Wildman–Crippen LogP) is 20.9. The molecule has 1 aliphatic carbocycles. The van der Waals surface area contributed by atoms with Crippen LogP contribution in [0.25, 0.3) is 160 Å². The average molecular weight is 1210 g/mol. The predicted molar refractivity (Wildman–Crippen MR) is 383 cm³/mol. The molecule has 0 bridgehead atoms. The topological polar surface area (TPSA) is 92.1 Å². The molecule has 20 rings (SSSR count). The van der Waals surface area contributed by atoms with Crippen LogP contribution in [-0.2, 0) is 6.42 Å². The minimum atomic E-state index is 0.220. The number of hydrogen-bond acceptors (Lipinski definition) is 6. The molecule has 0 aliphatic heterocycles. The van der Waals surface area contributed by atoms with Crippen molar-refractivity contribution in [2.24, 2.45) is 0 Å². The fourth-order valence-corrected chi connectivity index (χ4v) is 14.2. The van der Waals surface area contributed by atoms with Crippen molar-refractivity contribution in [2.45, 2.75) is 6.42 Å². The number of halogens is 1. The van der Waals surface area contributed by atoms with E-state index in [0.29, 0.717) is 5.95 Å². The maximum atomic E-state index is 6.22. The van der Waals surface area contributed by atoms with Crippen LogP contribution >= 0.6 is 11.6 Å². The van der Waals surface area contributed by atoms with Crippen molar-refractivity contribution in [3.8, 4) is 51.0 Å². The van der Waals surface area contributed by atoms with E-state index in [1.165, 1.54) is 81.8 Å². The van der Waals surface area contributed by atoms with Crippen molar-refractivity contribution in [2.75, 3.05) is 0 Å². The van der Waals surface area contributed by atoms with Crippen molar-refractivity contribution in [3.63, 3.8) is 0 Å². The number of fused-ring (bicyclic) bond motifs is 16. The smallest absolute Gasteiger partial charge is 0.235 e. The lowest BCUT2D eigenvalue weighted by atomic mass is 10.0. The van der Waals surface area contributed by atoms with Crippen molar-refractivity contribution >= 4 is 121 Å². The van der Waals surface area contributed by atoms with E-state index in [9.17, 15) is 0 Å². The number of benzene rings is 12. The van der Waals surface area contributed by atoms with E-state index in [4.69, 9.17) is 26.6 Å². The maximum absolute atomic E-state index is 6.22. The van der Waals surface area contributed by atoms with E-state index in [1.807, 2.05) is 36.5 Å². The number of pyridine rings is 2. The lowest BCUT2D eigenvalue weighted by molar-refractivity contribution is 1.01. The van der Waals surface area contributed by atoms with Gasteiger partial charge in [0, 0.05) is 67.2 Å². The zero-order valence-corrected chi connectivity index (χ0v) is 50.7. The summed E-state index contributed by atoms with van der Waals surface area (Å²) in [6.45, 7) is 0. The Bertz CT molecular complexity index is 6190. The van der Waals surface area contributed by atoms with E-state index in [-0.39, 0.29) is 5.28 Å². The molecule has 9 nitrogen and oxygen atoms in total. The van der Waals surface area contributed by atoms with Gasteiger partial charge in [-0.2, -0.15) is 0 Å². The molecule has 0 spiro atoms.